The maximum atomic E-state index is 5.84. The first kappa shape index (κ1) is 13.5. The molecule has 3 heteroatoms. The molecular formula is C15H25N3. The van der Waals surface area contributed by atoms with Crippen molar-refractivity contribution in [3.63, 3.8) is 0 Å². The molecular weight excluding hydrogens is 222 g/mol. The summed E-state index contributed by atoms with van der Waals surface area (Å²) in [6, 6.07) is 10.7. The molecule has 0 spiro atoms. The Labute approximate surface area is 111 Å². The number of hydrogen-bond acceptors (Lipinski definition) is 3. The first-order valence-corrected chi connectivity index (χ1v) is 6.83. The first-order valence-electron chi connectivity index (χ1n) is 6.83. The van der Waals surface area contributed by atoms with E-state index in [9.17, 15) is 0 Å². The van der Waals surface area contributed by atoms with Gasteiger partial charge in [-0.2, -0.15) is 0 Å². The zero-order valence-corrected chi connectivity index (χ0v) is 11.6. The van der Waals surface area contributed by atoms with E-state index in [0.717, 1.165) is 39.3 Å². The van der Waals surface area contributed by atoms with Crippen LogP contribution in [0.5, 0.6) is 0 Å². The van der Waals surface area contributed by atoms with Crippen LogP contribution in [-0.2, 0) is 6.54 Å². The zero-order chi connectivity index (χ0) is 13.0. The molecule has 0 atom stereocenters. The van der Waals surface area contributed by atoms with Gasteiger partial charge in [0.15, 0.2) is 0 Å². The van der Waals surface area contributed by atoms with Gasteiger partial charge in [0.25, 0.3) is 0 Å². The molecule has 2 rings (SSSR count). The Bertz CT molecular complexity index is 353. The Hall–Kier alpha value is -0.900. The minimum atomic E-state index is 0.138. The number of piperazine rings is 1. The van der Waals surface area contributed by atoms with Gasteiger partial charge in [0.2, 0.25) is 0 Å². The van der Waals surface area contributed by atoms with Gasteiger partial charge in [0.05, 0.1) is 0 Å². The second-order valence-corrected chi connectivity index (χ2v) is 5.77. The molecule has 0 radical (unpaired) electrons. The summed E-state index contributed by atoms with van der Waals surface area (Å²) in [4.78, 5) is 5.03. The van der Waals surface area contributed by atoms with Crippen molar-refractivity contribution in [3.8, 4) is 0 Å². The molecule has 1 aliphatic heterocycles. The molecule has 100 valence electrons. The van der Waals surface area contributed by atoms with Gasteiger partial charge in [0, 0.05) is 44.8 Å². The second-order valence-electron chi connectivity index (χ2n) is 5.77. The average molecular weight is 247 g/mol. The third-order valence-corrected chi connectivity index (χ3v) is 3.98. The van der Waals surface area contributed by atoms with Crippen molar-refractivity contribution in [1.29, 1.82) is 0 Å². The summed E-state index contributed by atoms with van der Waals surface area (Å²) in [6.45, 7) is 10.8. The molecule has 3 nitrogen and oxygen atoms in total. The van der Waals surface area contributed by atoms with E-state index in [1.807, 2.05) is 0 Å². The van der Waals surface area contributed by atoms with Crippen molar-refractivity contribution >= 4 is 0 Å². The van der Waals surface area contributed by atoms with Gasteiger partial charge in [-0.25, -0.2) is 0 Å². The fourth-order valence-electron chi connectivity index (χ4n) is 2.48. The van der Waals surface area contributed by atoms with Crippen LogP contribution < -0.4 is 5.73 Å². The van der Waals surface area contributed by atoms with Gasteiger partial charge in [-0.15, -0.1) is 0 Å². The molecule has 2 N–H and O–H groups in total. The van der Waals surface area contributed by atoms with Crippen molar-refractivity contribution in [2.45, 2.75) is 25.9 Å². The number of nitrogens with two attached hydrogens (primary N) is 1. The maximum Gasteiger partial charge on any atom is 0.0276 e. The van der Waals surface area contributed by atoms with Crippen molar-refractivity contribution < 1.29 is 0 Å². The third kappa shape index (κ3) is 3.31. The molecule has 18 heavy (non-hydrogen) atoms. The molecule has 1 heterocycles. The summed E-state index contributed by atoms with van der Waals surface area (Å²) in [5.41, 5.74) is 7.38. The van der Waals surface area contributed by atoms with Crippen LogP contribution >= 0.6 is 0 Å². The maximum absolute atomic E-state index is 5.84. The smallest absolute Gasteiger partial charge is 0.0276 e. The number of hydrogen-bond donors (Lipinski definition) is 1. The topological polar surface area (TPSA) is 32.5 Å². The lowest BCUT2D eigenvalue weighted by molar-refractivity contribution is 0.0538. The van der Waals surface area contributed by atoms with E-state index in [4.69, 9.17) is 5.73 Å². The van der Waals surface area contributed by atoms with E-state index in [2.05, 4.69) is 54.0 Å². The van der Waals surface area contributed by atoms with Crippen molar-refractivity contribution in [2.75, 3.05) is 32.7 Å². The Balaban J connectivity index is 1.84. The standard InChI is InChI=1S/C15H25N3/c1-15(2,13-16)18-10-8-17(9-11-18)12-14-6-4-3-5-7-14/h3-7H,8-13,16H2,1-2H3. The number of rotatable bonds is 4. The van der Waals surface area contributed by atoms with Crippen molar-refractivity contribution in [2.24, 2.45) is 5.73 Å². The SMILES string of the molecule is CC(C)(CN)N1CCN(Cc2ccccc2)CC1. The first-order chi connectivity index (χ1) is 8.62. The highest BCUT2D eigenvalue weighted by Crippen LogP contribution is 2.16. The fourth-order valence-corrected chi connectivity index (χ4v) is 2.48. The summed E-state index contributed by atoms with van der Waals surface area (Å²) in [5, 5.41) is 0. The largest absolute Gasteiger partial charge is 0.329 e. The molecule has 0 aromatic heterocycles. The van der Waals surface area contributed by atoms with Crippen LogP contribution in [0.4, 0.5) is 0 Å². The van der Waals surface area contributed by atoms with Gasteiger partial charge >= 0.3 is 0 Å². The molecule has 0 unspecified atom stereocenters. The monoisotopic (exact) mass is 247 g/mol. The molecule has 0 bridgehead atoms. The van der Waals surface area contributed by atoms with Gasteiger partial charge in [0.1, 0.15) is 0 Å². The van der Waals surface area contributed by atoms with Gasteiger partial charge in [-0.05, 0) is 19.4 Å². The Kier molecular flexibility index (Phi) is 4.38. The molecule has 0 saturated carbocycles. The highest BCUT2D eigenvalue weighted by atomic mass is 15.3. The van der Waals surface area contributed by atoms with Gasteiger partial charge in [-0.3, -0.25) is 9.80 Å². The highest BCUT2D eigenvalue weighted by Gasteiger charge is 2.28. The van der Waals surface area contributed by atoms with E-state index >= 15 is 0 Å². The van der Waals surface area contributed by atoms with Gasteiger partial charge in [-0.1, -0.05) is 30.3 Å². The molecule has 1 saturated heterocycles. The molecule has 1 fully saturated rings. The number of benzene rings is 1. The van der Waals surface area contributed by atoms with E-state index in [1.54, 1.807) is 0 Å². The van der Waals surface area contributed by atoms with E-state index < -0.39 is 0 Å². The van der Waals surface area contributed by atoms with Crippen LogP contribution in [0.3, 0.4) is 0 Å². The average Bonchev–Trinajstić information content (AvgIpc) is 2.40. The summed E-state index contributed by atoms with van der Waals surface area (Å²) in [5.74, 6) is 0. The molecule has 1 aromatic carbocycles. The molecule has 0 amide bonds. The lowest BCUT2D eigenvalue weighted by Gasteiger charge is -2.43. The number of nitrogens with zero attached hydrogens (tertiary/aromatic N) is 2. The summed E-state index contributed by atoms with van der Waals surface area (Å²) in [7, 11) is 0. The quantitative estimate of drug-likeness (QED) is 0.876. The van der Waals surface area contributed by atoms with E-state index in [-0.39, 0.29) is 5.54 Å². The minimum Gasteiger partial charge on any atom is -0.329 e. The van der Waals surface area contributed by atoms with Crippen LogP contribution in [0.15, 0.2) is 30.3 Å². The van der Waals surface area contributed by atoms with Crippen LogP contribution in [0.25, 0.3) is 0 Å². The normalized spacial score (nSPS) is 19.1. The van der Waals surface area contributed by atoms with Crippen LogP contribution in [0.2, 0.25) is 0 Å². The summed E-state index contributed by atoms with van der Waals surface area (Å²) < 4.78 is 0. The van der Waals surface area contributed by atoms with Crippen LogP contribution in [0, 0.1) is 0 Å². The van der Waals surface area contributed by atoms with Crippen molar-refractivity contribution in [3.05, 3.63) is 35.9 Å². The second kappa shape index (κ2) is 5.83. The van der Waals surface area contributed by atoms with Crippen LogP contribution in [-0.4, -0.2) is 48.1 Å². The van der Waals surface area contributed by atoms with Crippen LogP contribution in [0.1, 0.15) is 19.4 Å². The Morgan fingerprint density at radius 3 is 2.22 bits per heavy atom. The summed E-state index contributed by atoms with van der Waals surface area (Å²) in [6.07, 6.45) is 0. The Morgan fingerprint density at radius 2 is 1.67 bits per heavy atom. The fraction of sp³-hybridized carbons (Fsp3) is 0.600. The predicted octanol–water partition coefficient (Wildman–Crippen LogP) is 1.54. The molecule has 0 aliphatic carbocycles. The minimum absolute atomic E-state index is 0.138. The predicted molar refractivity (Wildman–Crippen MR) is 76.4 cm³/mol. The third-order valence-electron chi connectivity index (χ3n) is 3.98. The van der Waals surface area contributed by atoms with Gasteiger partial charge < -0.3 is 5.73 Å². The lowest BCUT2D eigenvalue weighted by atomic mass is 10.0. The highest BCUT2D eigenvalue weighted by molar-refractivity contribution is 5.14. The van der Waals surface area contributed by atoms with Crippen molar-refractivity contribution in [1.82, 2.24) is 9.80 Å². The molecule has 1 aliphatic rings. The Morgan fingerprint density at radius 1 is 1.06 bits per heavy atom. The van der Waals surface area contributed by atoms with E-state index in [1.165, 1.54) is 5.56 Å². The zero-order valence-electron chi connectivity index (χ0n) is 11.6. The molecule has 1 aromatic rings. The van der Waals surface area contributed by atoms with E-state index in [0.29, 0.717) is 0 Å². The summed E-state index contributed by atoms with van der Waals surface area (Å²) >= 11 is 0. The lowest BCUT2D eigenvalue weighted by Crippen LogP contribution is -2.57.